The van der Waals surface area contributed by atoms with E-state index in [0.29, 0.717) is 17.4 Å². The highest BCUT2D eigenvalue weighted by molar-refractivity contribution is 5.91. The molecule has 0 aliphatic carbocycles. The van der Waals surface area contributed by atoms with E-state index in [1.54, 1.807) is 12.1 Å². The van der Waals surface area contributed by atoms with Crippen molar-refractivity contribution in [3.8, 4) is 0 Å². The van der Waals surface area contributed by atoms with Crippen LogP contribution >= 0.6 is 0 Å². The molecule has 2 fully saturated rings. The van der Waals surface area contributed by atoms with Gasteiger partial charge in [-0.3, -0.25) is 4.79 Å². The quantitative estimate of drug-likeness (QED) is 0.904. The number of likely N-dealkylation sites (N-methyl/N-ethyl adjacent to an activating group) is 1. The molecule has 1 amide bonds. The molecular weight excluding hydrogens is 340 g/mol. The van der Waals surface area contributed by atoms with E-state index in [-0.39, 0.29) is 17.9 Å². The van der Waals surface area contributed by atoms with Crippen LogP contribution in [0.4, 0.5) is 0 Å². The number of aliphatic hydroxyl groups is 1. The number of likely N-dealkylation sites (tertiary alicyclic amines) is 2. The van der Waals surface area contributed by atoms with Gasteiger partial charge in [-0.15, -0.1) is 0 Å². The number of hydrogen-bond acceptors (Lipinski definition) is 4. The third-order valence-corrected chi connectivity index (χ3v) is 6.23. The molecule has 2 aliphatic heterocycles. The smallest absolute Gasteiger partial charge is 0.289 e. The molecule has 144 valence electrons. The maximum Gasteiger partial charge on any atom is 0.289 e. The summed E-state index contributed by atoms with van der Waals surface area (Å²) in [6.07, 6.45) is 3.25. The van der Waals surface area contributed by atoms with Gasteiger partial charge in [-0.25, -0.2) is 0 Å². The Balaban J connectivity index is 1.43. The highest BCUT2D eigenvalue weighted by Crippen LogP contribution is 2.44. The van der Waals surface area contributed by atoms with E-state index in [0.717, 1.165) is 39.0 Å². The molecule has 1 aromatic carbocycles. The predicted octanol–water partition coefficient (Wildman–Crippen LogP) is 3.11. The van der Waals surface area contributed by atoms with Crippen molar-refractivity contribution in [2.75, 3.05) is 33.2 Å². The van der Waals surface area contributed by atoms with Crippen molar-refractivity contribution < 1.29 is 14.3 Å². The lowest BCUT2D eigenvalue weighted by Gasteiger charge is -2.49. The lowest BCUT2D eigenvalue weighted by Crippen LogP contribution is -2.51. The van der Waals surface area contributed by atoms with Crippen molar-refractivity contribution in [3.05, 3.63) is 59.5 Å². The fourth-order valence-corrected chi connectivity index (χ4v) is 4.89. The van der Waals surface area contributed by atoms with Gasteiger partial charge in [0.2, 0.25) is 0 Å². The van der Waals surface area contributed by atoms with Crippen molar-refractivity contribution in [3.63, 3.8) is 0 Å². The minimum Gasteiger partial charge on any atom is -0.453 e. The van der Waals surface area contributed by atoms with Crippen LogP contribution in [0.25, 0.3) is 0 Å². The van der Waals surface area contributed by atoms with E-state index in [4.69, 9.17) is 9.52 Å². The van der Waals surface area contributed by atoms with Crippen molar-refractivity contribution in [2.24, 2.45) is 5.41 Å². The molecule has 1 spiro atoms. The zero-order valence-electron chi connectivity index (χ0n) is 15.9. The zero-order chi connectivity index (χ0) is 18.9. The standard InChI is InChI=1S/C22H28N2O3/c1-23-14-18(17-5-3-2-4-6-17)13-22(16-23)9-11-24(12-10-22)21(26)20-8-7-19(15-25)27-20/h2-8,18,25H,9-16H2,1H3/t18-/m1/s1. The molecule has 5 nitrogen and oxygen atoms in total. The van der Waals surface area contributed by atoms with Crippen LogP contribution in [-0.4, -0.2) is 54.0 Å². The van der Waals surface area contributed by atoms with Gasteiger partial charge >= 0.3 is 0 Å². The minimum atomic E-state index is -0.177. The zero-order valence-corrected chi connectivity index (χ0v) is 15.9. The minimum absolute atomic E-state index is 0.0617. The summed E-state index contributed by atoms with van der Waals surface area (Å²) in [5.74, 6) is 1.27. The number of furan rings is 1. The summed E-state index contributed by atoms with van der Waals surface area (Å²) in [4.78, 5) is 17.0. The van der Waals surface area contributed by atoms with E-state index in [2.05, 4.69) is 42.3 Å². The van der Waals surface area contributed by atoms with Gasteiger partial charge in [0, 0.05) is 26.2 Å². The maximum absolute atomic E-state index is 12.7. The molecule has 2 aliphatic rings. The summed E-state index contributed by atoms with van der Waals surface area (Å²) < 4.78 is 5.43. The Hall–Kier alpha value is -2.11. The van der Waals surface area contributed by atoms with Crippen LogP contribution in [0.5, 0.6) is 0 Å². The molecule has 0 unspecified atom stereocenters. The molecule has 2 aromatic rings. The van der Waals surface area contributed by atoms with Crippen molar-refractivity contribution in [1.82, 2.24) is 9.80 Å². The third kappa shape index (κ3) is 3.80. The Morgan fingerprint density at radius 3 is 2.59 bits per heavy atom. The monoisotopic (exact) mass is 368 g/mol. The first-order valence-corrected chi connectivity index (χ1v) is 9.81. The SMILES string of the molecule is CN1C[C@H](c2ccccc2)CC2(CCN(C(=O)c3ccc(CO)o3)CC2)C1. The van der Waals surface area contributed by atoms with Crippen molar-refractivity contribution in [1.29, 1.82) is 0 Å². The van der Waals surface area contributed by atoms with Gasteiger partial charge < -0.3 is 19.3 Å². The number of nitrogens with zero attached hydrogens (tertiary/aromatic N) is 2. The summed E-state index contributed by atoms with van der Waals surface area (Å²) in [6, 6.07) is 14.1. The Bertz CT molecular complexity index is 778. The Morgan fingerprint density at radius 2 is 1.93 bits per heavy atom. The van der Waals surface area contributed by atoms with Gasteiger partial charge in [-0.2, -0.15) is 0 Å². The molecule has 27 heavy (non-hydrogen) atoms. The van der Waals surface area contributed by atoms with Crippen LogP contribution < -0.4 is 0 Å². The lowest BCUT2D eigenvalue weighted by atomic mass is 9.68. The van der Waals surface area contributed by atoms with E-state index in [1.807, 2.05) is 4.90 Å². The van der Waals surface area contributed by atoms with Gasteiger partial charge in [0.25, 0.3) is 5.91 Å². The lowest BCUT2D eigenvalue weighted by molar-refractivity contribution is 0.0209. The number of piperidine rings is 2. The summed E-state index contributed by atoms with van der Waals surface area (Å²) in [7, 11) is 2.22. The van der Waals surface area contributed by atoms with Gasteiger partial charge in [0.1, 0.15) is 12.4 Å². The first-order valence-electron chi connectivity index (χ1n) is 9.81. The molecule has 0 saturated carbocycles. The molecule has 1 N–H and O–H groups in total. The number of aliphatic hydroxyl groups excluding tert-OH is 1. The van der Waals surface area contributed by atoms with Crippen LogP contribution in [-0.2, 0) is 6.61 Å². The average molecular weight is 368 g/mol. The van der Waals surface area contributed by atoms with E-state index >= 15 is 0 Å². The van der Waals surface area contributed by atoms with E-state index in [1.165, 1.54) is 12.0 Å². The molecule has 1 atom stereocenters. The number of hydrogen-bond donors (Lipinski definition) is 1. The van der Waals surface area contributed by atoms with Gasteiger partial charge in [0.15, 0.2) is 5.76 Å². The van der Waals surface area contributed by atoms with Crippen LogP contribution in [0.3, 0.4) is 0 Å². The van der Waals surface area contributed by atoms with Crippen LogP contribution in [0.2, 0.25) is 0 Å². The highest BCUT2D eigenvalue weighted by Gasteiger charge is 2.42. The first-order chi connectivity index (χ1) is 13.1. The third-order valence-electron chi connectivity index (χ3n) is 6.23. The summed E-state index contributed by atoms with van der Waals surface area (Å²) >= 11 is 0. The molecule has 3 heterocycles. The molecule has 4 rings (SSSR count). The van der Waals surface area contributed by atoms with Crippen molar-refractivity contribution >= 4 is 5.91 Å². The average Bonchev–Trinajstić information content (AvgIpc) is 3.17. The highest BCUT2D eigenvalue weighted by atomic mass is 16.4. The predicted molar refractivity (Wildman–Crippen MR) is 103 cm³/mol. The molecular formula is C22H28N2O3. The molecule has 0 radical (unpaired) electrons. The number of benzene rings is 1. The number of carbonyl (C=O) groups is 1. The molecule has 5 heteroatoms. The summed E-state index contributed by atoms with van der Waals surface area (Å²) in [5.41, 5.74) is 1.71. The first kappa shape index (κ1) is 18.3. The summed E-state index contributed by atoms with van der Waals surface area (Å²) in [5, 5.41) is 9.13. The molecule has 1 aromatic heterocycles. The maximum atomic E-state index is 12.7. The van der Waals surface area contributed by atoms with Gasteiger partial charge in [-0.1, -0.05) is 30.3 Å². The van der Waals surface area contributed by atoms with E-state index < -0.39 is 0 Å². The van der Waals surface area contributed by atoms with Gasteiger partial charge in [0.05, 0.1) is 0 Å². The van der Waals surface area contributed by atoms with Crippen LogP contribution in [0, 0.1) is 5.41 Å². The fraction of sp³-hybridized carbons (Fsp3) is 0.500. The number of rotatable bonds is 3. The Kier molecular flexibility index (Phi) is 5.06. The Labute approximate surface area is 160 Å². The topological polar surface area (TPSA) is 56.9 Å². The number of amides is 1. The van der Waals surface area contributed by atoms with E-state index in [9.17, 15) is 4.79 Å². The Morgan fingerprint density at radius 1 is 1.19 bits per heavy atom. The second kappa shape index (κ2) is 7.49. The van der Waals surface area contributed by atoms with Crippen molar-refractivity contribution in [2.45, 2.75) is 31.8 Å². The normalized spacial score (nSPS) is 22.9. The molecule has 2 saturated heterocycles. The fourth-order valence-electron chi connectivity index (χ4n) is 4.89. The van der Waals surface area contributed by atoms with Gasteiger partial charge in [-0.05, 0) is 55.3 Å². The van der Waals surface area contributed by atoms with Crippen LogP contribution in [0.1, 0.15) is 47.1 Å². The second-order valence-corrected chi connectivity index (χ2v) is 8.22. The second-order valence-electron chi connectivity index (χ2n) is 8.22. The summed E-state index contributed by atoms with van der Waals surface area (Å²) in [6.45, 7) is 3.56. The molecule has 0 bridgehead atoms. The number of carbonyl (C=O) groups excluding carboxylic acids is 1. The largest absolute Gasteiger partial charge is 0.453 e. The van der Waals surface area contributed by atoms with Crippen LogP contribution in [0.15, 0.2) is 46.9 Å².